The van der Waals surface area contributed by atoms with E-state index in [1.165, 1.54) is 16.5 Å². The second kappa shape index (κ2) is 8.68. The summed E-state index contributed by atoms with van der Waals surface area (Å²) in [6.45, 7) is 8.60. The first kappa shape index (κ1) is 18.9. The Balaban J connectivity index is 1.90. The molecule has 0 bridgehead atoms. The van der Waals surface area contributed by atoms with Crippen LogP contribution in [0.3, 0.4) is 0 Å². The highest BCUT2D eigenvalue weighted by molar-refractivity contribution is 5.88. The van der Waals surface area contributed by atoms with Gasteiger partial charge in [-0.25, -0.2) is 0 Å². The second-order valence-corrected chi connectivity index (χ2v) is 7.35. The van der Waals surface area contributed by atoms with E-state index in [2.05, 4.69) is 62.2 Å². The van der Waals surface area contributed by atoms with Crippen LogP contribution >= 0.6 is 0 Å². The Hall–Kier alpha value is -2.87. The summed E-state index contributed by atoms with van der Waals surface area (Å²) in [4.78, 5) is 4.28. The largest absolute Gasteiger partial charge is 0.457 e. The molecule has 0 aliphatic carbocycles. The molecule has 0 unspecified atom stereocenters. The van der Waals surface area contributed by atoms with Gasteiger partial charge in [0.2, 0.25) is 0 Å². The lowest BCUT2D eigenvalue weighted by Crippen LogP contribution is -1.96. The van der Waals surface area contributed by atoms with Crippen molar-refractivity contribution in [1.29, 1.82) is 0 Å². The molecule has 0 saturated heterocycles. The van der Waals surface area contributed by atoms with Crippen molar-refractivity contribution >= 4 is 16.8 Å². The van der Waals surface area contributed by atoms with E-state index < -0.39 is 0 Å². The predicted octanol–water partition coefficient (Wildman–Crippen LogP) is 7.21. The summed E-state index contributed by atoms with van der Waals surface area (Å²) < 4.78 is 6.25. The van der Waals surface area contributed by atoms with Crippen LogP contribution in [0.15, 0.2) is 72.6 Å². The normalized spacial score (nSPS) is 12.3. The minimum absolute atomic E-state index is 0.601. The van der Waals surface area contributed by atoms with Crippen molar-refractivity contribution in [3.63, 3.8) is 0 Å². The molecule has 0 N–H and O–H groups in total. The highest BCUT2D eigenvalue weighted by Crippen LogP contribution is 2.32. The molecule has 1 heterocycles. The summed E-state index contributed by atoms with van der Waals surface area (Å²) in [6, 6.07) is 14.6. The Labute approximate surface area is 162 Å². The molecule has 3 rings (SSSR count). The number of allylic oxidation sites excluding steroid dienone is 3. The molecule has 27 heavy (non-hydrogen) atoms. The summed E-state index contributed by atoms with van der Waals surface area (Å²) in [7, 11) is 0. The molecule has 0 aliphatic heterocycles. The van der Waals surface area contributed by atoms with Crippen molar-refractivity contribution in [2.24, 2.45) is 5.92 Å². The molecular formula is C25H27NO. The maximum absolute atomic E-state index is 6.25. The number of hydrogen-bond acceptors (Lipinski definition) is 2. The fraction of sp³-hybridized carbons (Fsp3) is 0.240. The molecule has 2 nitrogen and oxygen atoms in total. The highest BCUT2D eigenvalue weighted by Gasteiger charge is 2.08. The van der Waals surface area contributed by atoms with E-state index in [0.29, 0.717) is 5.92 Å². The number of fused-ring (bicyclic) bond motifs is 1. The number of hydrogen-bond donors (Lipinski definition) is 0. The van der Waals surface area contributed by atoms with Crippen LogP contribution in [0.2, 0.25) is 0 Å². The highest BCUT2D eigenvalue weighted by atomic mass is 16.5. The number of pyridine rings is 1. The van der Waals surface area contributed by atoms with Gasteiger partial charge in [0.1, 0.15) is 11.5 Å². The van der Waals surface area contributed by atoms with Gasteiger partial charge in [-0.1, -0.05) is 55.8 Å². The fourth-order valence-corrected chi connectivity index (χ4v) is 3.23. The van der Waals surface area contributed by atoms with Gasteiger partial charge in [-0.3, -0.25) is 4.98 Å². The topological polar surface area (TPSA) is 22.1 Å². The Morgan fingerprint density at radius 2 is 1.89 bits per heavy atom. The van der Waals surface area contributed by atoms with Crippen molar-refractivity contribution in [2.45, 2.75) is 34.1 Å². The summed E-state index contributed by atoms with van der Waals surface area (Å²) in [5, 5.41) is 2.21. The lowest BCUT2D eigenvalue weighted by atomic mass is 10.00. The van der Waals surface area contributed by atoms with Gasteiger partial charge in [0.15, 0.2) is 0 Å². The van der Waals surface area contributed by atoms with Gasteiger partial charge in [0.25, 0.3) is 0 Å². The fourth-order valence-electron chi connectivity index (χ4n) is 3.23. The molecule has 0 amide bonds. The molecule has 0 saturated carbocycles. The summed E-state index contributed by atoms with van der Waals surface area (Å²) in [5.41, 5.74) is 3.68. The monoisotopic (exact) mass is 357 g/mol. The first-order valence-corrected chi connectivity index (χ1v) is 9.50. The van der Waals surface area contributed by atoms with Gasteiger partial charge < -0.3 is 4.74 Å². The van der Waals surface area contributed by atoms with E-state index >= 15 is 0 Å². The second-order valence-electron chi connectivity index (χ2n) is 7.35. The van der Waals surface area contributed by atoms with E-state index in [1.807, 2.05) is 43.6 Å². The van der Waals surface area contributed by atoms with Gasteiger partial charge in [0.05, 0.1) is 0 Å². The first-order chi connectivity index (χ1) is 13.0. The first-order valence-electron chi connectivity index (χ1n) is 9.50. The average molecular weight is 357 g/mol. The van der Waals surface area contributed by atoms with Crippen LogP contribution in [0.1, 0.15) is 38.8 Å². The van der Waals surface area contributed by atoms with Gasteiger partial charge in [0, 0.05) is 17.8 Å². The molecule has 1 aromatic heterocycles. The quantitative estimate of drug-likeness (QED) is 0.435. The van der Waals surface area contributed by atoms with Crippen LogP contribution in [-0.2, 0) is 6.42 Å². The Morgan fingerprint density at radius 1 is 1.11 bits per heavy atom. The number of ether oxygens (including phenoxy) is 1. The Bertz CT molecular complexity index is 965. The minimum atomic E-state index is 0.601. The van der Waals surface area contributed by atoms with Gasteiger partial charge in [-0.05, 0) is 67.0 Å². The van der Waals surface area contributed by atoms with Crippen LogP contribution in [0.25, 0.3) is 16.8 Å². The molecule has 0 radical (unpaired) electrons. The maximum atomic E-state index is 6.25. The van der Waals surface area contributed by atoms with E-state index in [9.17, 15) is 0 Å². The Kier molecular flexibility index (Phi) is 6.08. The van der Waals surface area contributed by atoms with Crippen LogP contribution in [0.5, 0.6) is 11.5 Å². The maximum Gasteiger partial charge on any atom is 0.137 e. The van der Waals surface area contributed by atoms with Gasteiger partial charge in [-0.15, -0.1) is 0 Å². The van der Waals surface area contributed by atoms with Crippen molar-refractivity contribution in [2.75, 3.05) is 0 Å². The average Bonchev–Trinajstić information content (AvgIpc) is 2.63. The van der Waals surface area contributed by atoms with Crippen LogP contribution in [0, 0.1) is 5.92 Å². The SMILES string of the molecule is C/C=C/C(C)=C\c1ccc(Oc2cc(CC(C)C)cc3ccncc23)cc1. The summed E-state index contributed by atoms with van der Waals surface area (Å²) >= 11 is 0. The standard InChI is InChI=1S/C25H27NO/c1-5-6-19(4)14-20-7-9-23(10-8-20)27-25-16-21(13-18(2)3)15-22-11-12-26-17-24(22)25/h5-12,14-18H,13H2,1-4H3/b6-5+,19-14-. The van der Waals surface area contributed by atoms with E-state index in [4.69, 9.17) is 4.74 Å². The molecular weight excluding hydrogens is 330 g/mol. The zero-order valence-corrected chi connectivity index (χ0v) is 16.6. The number of aromatic nitrogens is 1. The smallest absolute Gasteiger partial charge is 0.137 e. The third kappa shape index (κ3) is 5.07. The van der Waals surface area contributed by atoms with Crippen LogP contribution in [0.4, 0.5) is 0 Å². The van der Waals surface area contributed by atoms with Crippen molar-refractivity contribution in [1.82, 2.24) is 4.98 Å². The van der Waals surface area contributed by atoms with Crippen molar-refractivity contribution < 1.29 is 4.74 Å². The Morgan fingerprint density at radius 3 is 2.59 bits per heavy atom. The zero-order chi connectivity index (χ0) is 19.2. The van der Waals surface area contributed by atoms with Crippen molar-refractivity contribution in [3.8, 4) is 11.5 Å². The van der Waals surface area contributed by atoms with Gasteiger partial charge in [-0.2, -0.15) is 0 Å². The van der Waals surface area contributed by atoms with Crippen LogP contribution < -0.4 is 4.74 Å². The number of rotatable bonds is 6. The van der Waals surface area contributed by atoms with Crippen molar-refractivity contribution in [3.05, 3.63) is 83.7 Å². The molecule has 3 aromatic rings. The molecule has 2 heteroatoms. The molecule has 2 aromatic carbocycles. The van der Waals surface area contributed by atoms with E-state index in [1.54, 1.807) is 0 Å². The van der Waals surface area contributed by atoms with E-state index in [0.717, 1.165) is 28.9 Å². The molecule has 138 valence electrons. The third-order valence-electron chi connectivity index (χ3n) is 4.35. The van der Waals surface area contributed by atoms with E-state index in [-0.39, 0.29) is 0 Å². The molecule has 0 atom stereocenters. The summed E-state index contributed by atoms with van der Waals surface area (Å²) in [6.07, 6.45) is 11.0. The lowest BCUT2D eigenvalue weighted by Gasteiger charge is -2.13. The molecule has 0 spiro atoms. The summed E-state index contributed by atoms with van der Waals surface area (Å²) in [5.74, 6) is 2.30. The zero-order valence-electron chi connectivity index (χ0n) is 16.6. The number of nitrogens with zero attached hydrogens (tertiary/aromatic N) is 1. The minimum Gasteiger partial charge on any atom is -0.457 e. The van der Waals surface area contributed by atoms with Gasteiger partial charge >= 0.3 is 0 Å². The molecule has 0 fully saturated rings. The third-order valence-corrected chi connectivity index (χ3v) is 4.35. The lowest BCUT2D eigenvalue weighted by molar-refractivity contribution is 0.487. The predicted molar refractivity (Wildman–Crippen MR) is 115 cm³/mol. The van der Waals surface area contributed by atoms with Crippen LogP contribution in [-0.4, -0.2) is 4.98 Å². The molecule has 0 aliphatic rings. The number of benzene rings is 2.